The highest BCUT2D eigenvalue weighted by atomic mass is 32.2. The van der Waals surface area contributed by atoms with Crippen molar-refractivity contribution in [3.05, 3.63) is 52.9 Å². The van der Waals surface area contributed by atoms with Crippen LogP contribution in [0.5, 0.6) is 5.75 Å². The number of likely N-dealkylation sites (tertiary alicyclic amines) is 1. The number of furan rings is 1. The fourth-order valence-corrected chi connectivity index (χ4v) is 4.56. The lowest BCUT2D eigenvalue weighted by Gasteiger charge is -2.25. The average molecular weight is 472 g/mol. The van der Waals surface area contributed by atoms with Gasteiger partial charge < -0.3 is 24.3 Å². The van der Waals surface area contributed by atoms with Crippen molar-refractivity contribution in [2.45, 2.75) is 46.6 Å². The maximum absolute atomic E-state index is 12.8. The fraction of sp³-hybridized carbons (Fsp3) is 0.435. The number of hydrogen-bond acceptors (Lipinski definition) is 7. The predicted octanol–water partition coefficient (Wildman–Crippen LogP) is 4.41. The summed E-state index contributed by atoms with van der Waals surface area (Å²) in [6, 6.07) is 8.30. The highest BCUT2D eigenvalue weighted by Gasteiger charge is 2.30. The van der Waals surface area contributed by atoms with Crippen LogP contribution in [-0.2, 0) is 0 Å². The van der Waals surface area contributed by atoms with Crippen molar-refractivity contribution < 1.29 is 18.9 Å². The summed E-state index contributed by atoms with van der Waals surface area (Å²) in [5, 5.41) is 13.8. The number of aromatic amines is 1. The SMILES string of the molecule is Cc1ccc(C(N=c2[nH][s+]([O-])nc2Nc2cccc(C(=O)N3CCCC3)c2O)C(C)(C)C)o1. The second kappa shape index (κ2) is 9.03. The van der Waals surface area contributed by atoms with Crippen molar-refractivity contribution >= 4 is 28.6 Å². The number of para-hydroxylation sites is 1. The molecule has 0 saturated carbocycles. The number of anilines is 2. The van der Waals surface area contributed by atoms with Crippen LogP contribution in [0.25, 0.3) is 0 Å². The Balaban J connectivity index is 1.70. The molecule has 2 unspecified atom stereocenters. The van der Waals surface area contributed by atoms with Crippen LogP contribution in [0.2, 0.25) is 0 Å². The minimum absolute atomic E-state index is 0.178. The summed E-state index contributed by atoms with van der Waals surface area (Å²) in [4.78, 5) is 19.3. The number of carbonyl (C=O) groups is 1. The van der Waals surface area contributed by atoms with E-state index in [0.29, 0.717) is 18.8 Å². The molecule has 2 atom stereocenters. The van der Waals surface area contributed by atoms with E-state index in [1.807, 2.05) is 39.8 Å². The molecule has 0 aliphatic carbocycles. The molecule has 1 saturated heterocycles. The van der Waals surface area contributed by atoms with Crippen LogP contribution in [0.1, 0.15) is 61.5 Å². The third-order valence-corrected chi connectivity index (χ3v) is 6.32. The van der Waals surface area contributed by atoms with Crippen LogP contribution in [0, 0.1) is 12.3 Å². The number of carbonyl (C=O) groups excluding carboxylic acids is 1. The van der Waals surface area contributed by atoms with E-state index in [9.17, 15) is 14.5 Å². The molecule has 1 aliphatic rings. The molecule has 0 bridgehead atoms. The van der Waals surface area contributed by atoms with Crippen LogP contribution in [-0.4, -0.2) is 42.3 Å². The van der Waals surface area contributed by atoms with Crippen LogP contribution < -0.4 is 10.8 Å². The van der Waals surface area contributed by atoms with Gasteiger partial charge in [0.1, 0.15) is 17.6 Å². The van der Waals surface area contributed by atoms with Gasteiger partial charge in [-0.1, -0.05) is 26.8 Å². The zero-order valence-corrected chi connectivity index (χ0v) is 20.0. The molecule has 1 aliphatic heterocycles. The Morgan fingerprint density at radius 1 is 1.30 bits per heavy atom. The van der Waals surface area contributed by atoms with Crippen molar-refractivity contribution in [2.24, 2.45) is 10.4 Å². The first-order valence-electron chi connectivity index (χ1n) is 10.9. The number of phenols is 1. The third kappa shape index (κ3) is 4.96. The molecule has 3 heterocycles. The highest BCUT2D eigenvalue weighted by molar-refractivity contribution is 7.13. The van der Waals surface area contributed by atoms with E-state index in [2.05, 4.69) is 14.1 Å². The van der Waals surface area contributed by atoms with Gasteiger partial charge in [-0.3, -0.25) is 4.79 Å². The van der Waals surface area contributed by atoms with Crippen molar-refractivity contribution in [1.82, 2.24) is 13.6 Å². The smallest absolute Gasteiger partial charge is 0.257 e. The summed E-state index contributed by atoms with van der Waals surface area (Å²) in [5.74, 6) is 1.29. The standard InChI is InChI=1S/C23H29N5O4S/c1-14-10-11-17(32-14)19(23(2,3)4)25-21-20(26-33(31)27-21)24-16-9-7-8-15(18(16)29)22(30)28-12-5-6-13-28/h7-11,19,29H,5-6,12-13H2,1-4H3,(H,24,26)(H,25,27). The number of amides is 1. The molecular formula is C23H29N5O4S. The number of aromatic nitrogens is 2. The Hall–Kier alpha value is -3.11. The van der Waals surface area contributed by atoms with Crippen molar-refractivity contribution in [2.75, 3.05) is 18.4 Å². The summed E-state index contributed by atoms with van der Waals surface area (Å²) in [5.41, 5.74) is 0.497. The number of aromatic hydroxyl groups is 1. The van der Waals surface area contributed by atoms with E-state index in [0.717, 1.165) is 18.6 Å². The molecule has 1 amide bonds. The van der Waals surface area contributed by atoms with Gasteiger partial charge in [-0.15, -0.1) is 4.37 Å². The number of nitrogens with zero attached hydrogens (tertiary/aromatic N) is 3. The lowest BCUT2D eigenvalue weighted by molar-refractivity contribution is 0.0790. The maximum Gasteiger partial charge on any atom is 0.257 e. The van der Waals surface area contributed by atoms with E-state index in [-0.39, 0.29) is 45.7 Å². The molecule has 0 radical (unpaired) electrons. The molecule has 10 heteroatoms. The van der Waals surface area contributed by atoms with Gasteiger partial charge >= 0.3 is 0 Å². The maximum atomic E-state index is 12.8. The highest BCUT2D eigenvalue weighted by Crippen LogP contribution is 2.37. The molecule has 0 spiro atoms. The van der Waals surface area contributed by atoms with Gasteiger partial charge in [-0.05, 0) is 49.4 Å². The van der Waals surface area contributed by atoms with Crippen molar-refractivity contribution in [1.29, 1.82) is 0 Å². The number of H-pyrrole nitrogens is 1. The molecular weight excluding hydrogens is 442 g/mol. The van der Waals surface area contributed by atoms with Gasteiger partial charge in [0.15, 0.2) is 16.9 Å². The fourth-order valence-electron chi connectivity index (χ4n) is 3.90. The number of phenolic OH excluding ortho intramolecular Hbond substituents is 1. The number of aryl methyl sites for hydroxylation is 1. The summed E-state index contributed by atoms with van der Waals surface area (Å²) >= 11 is -1.72. The molecule has 4 rings (SSSR count). The van der Waals surface area contributed by atoms with Crippen LogP contribution in [0.3, 0.4) is 0 Å². The van der Waals surface area contributed by atoms with Crippen LogP contribution >= 0.6 is 11.1 Å². The zero-order valence-electron chi connectivity index (χ0n) is 19.2. The Morgan fingerprint density at radius 3 is 2.67 bits per heavy atom. The van der Waals surface area contributed by atoms with Gasteiger partial charge in [0.05, 0.1) is 11.3 Å². The Kier molecular flexibility index (Phi) is 6.31. The normalized spacial score (nSPS) is 16.3. The molecule has 3 aromatic rings. The van der Waals surface area contributed by atoms with Crippen molar-refractivity contribution in [3.63, 3.8) is 0 Å². The first-order chi connectivity index (χ1) is 15.6. The lowest BCUT2D eigenvalue weighted by Crippen LogP contribution is -2.27. The minimum atomic E-state index is -1.72. The van der Waals surface area contributed by atoms with E-state index in [4.69, 9.17) is 9.41 Å². The molecule has 9 nitrogen and oxygen atoms in total. The molecule has 33 heavy (non-hydrogen) atoms. The average Bonchev–Trinajstić information content (AvgIpc) is 3.48. The first kappa shape index (κ1) is 23.1. The summed E-state index contributed by atoms with van der Waals surface area (Å²) in [7, 11) is 0. The minimum Gasteiger partial charge on any atom is -0.548 e. The van der Waals surface area contributed by atoms with E-state index in [1.165, 1.54) is 0 Å². The number of nitrogens with one attached hydrogen (secondary N) is 2. The second-order valence-corrected chi connectivity index (χ2v) is 10.2. The summed E-state index contributed by atoms with van der Waals surface area (Å²) in [6.07, 6.45) is 1.92. The van der Waals surface area contributed by atoms with E-state index < -0.39 is 11.1 Å². The zero-order chi connectivity index (χ0) is 23.8. The predicted molar refractivity (Wildman–Crippen MR) is 125 cm³/mol. The number of benzene rings is 1. The summed E-state index contributed by atoms with van der Waals surface area (Å²) in [6.45, 7) is 9.34. The lowest BCUT2D eigenvalue weighted by atomic mass is 9.86. The van der Waals surface area contributed by atoms with Gasteiger partial charge in [0.25, 0.3) is 5.91 Å². The number of rotatable bonds is 5. The van der Waals surface area contributed by atoms with E-state index in [1.54, 1.807) is 23.1 Å². The monoisotopic (exact) mass is 471 g/mol. The number of hydrogen-bond donors (Lipinski definition) is 3. The Morgan fingerprint density at radius 2 is 2.03 bits per heavy atom. The van der Waals surface area contributed by atoms with Crippen LogP contribution in [0.4, 0.5) is 11.5 Å². The quantitative estimate of drug-likeness (QED) is 0.373. The topological polar surface area (TPSA) is 130 Å². The van der Waals surface area contributed by atoms with Gasteiger partial charge in [0.2, 0.25) is 11.3 Å². The largest absolute Gasteiger partial charge is 0.548 e. The van der Waals surface area contributed by atoms with Gasteiger partial charge in [-0.2, -0.15) is 0 Å². The molecule has 1 fully saturated rings. The van der Waals surface area contributed by atoms with Gasteiger partial charge in [0, 0.05) is 17.5 Å². The van der Waals surface area contributed by atoms with Crippen molar-refractivity contribution in [3.8, 4) is 5.75 Å². The Labute approximate surface area is 195 Å². The van der Waals surface area contributed by atoms with Crippen LogP contribution in [0.15, 0.2) is 39.7 Å². The van der Waals surface area contributed by atoms with E-state index >= 15 is 0 Å². The van der Waals surface area contributed by atoms with Gasteiger partial charge in [-0.25, -0.2) is 4.99 Å². The molecule has 1 aromatic carbocycles. The molecule has 2 aromatic heterocycles. The first-order valence-corrected chi connectivity index (χ1v) is 12.0. The second-order valence-electron chi connectivity index (χ2n) is 9.31. The molecule has 3 N–H and O–H groups in total. The Bertz CT molecular complexity index is 1210. The summed E-state index contributed by atoms with van der Waals surface area (Å²) < 4.78 is 24.9. The molecule has 176 valence electrons. The third-order valence-electron chi connectivity index (χ3n) is 5.60.